The first-order valence-corrected chi connectivity index (χ1v) is 11.0. The number of pyridine rings is 3. The lowest BCUT2D eigenvalue weighted by molar-refractivity contribution is -0.286. The summed E-state index contributed by atoms with van der Waals surface area (Å²) in [6.45, 7) is 0.111. The lowest BCUT2D eigenvalue weighted by Gasteiger charge is -2.21. The van der Waals surface area contributed by atoms with E-state index in [0.717, 1.165) is 41.3 Å². The number of hydrogen-bond donors (Lipinski definition) is 0. The molecule has 172 valence electrons. The summed E-state index contributed by atoms with van der Waals surface area (Å²) in [5, 5.41) is 9.74. The van der Waals surface area contributed by atoms with Crippen LogP contribution in [0.1, 0.15) is 25.3 Å². The molecule has 33 heavy (non-hydrogen) atoms. The van der Waals surface area contributed by atoms with Gasteiger partial charge in [-0.25, -0.2) is 0 Å². The molecule has 1 aliphatic rings. The van der Waals surface area contributed by atoms with Crippen molar-refractivity contribution in [3.63, 3.8) is 0 Å². The Hall–Kier alpha value is -3.00. The maximum atomic E-state index is 13.6. The molecule has 0 saturated heterocycles. The zero-order chi connectivity index (χ0) is 24.0. The minimum absolute atomic E-state index is 0.141. The van der Waals surface area contributed by atoms with Crippen LogP contribution >= 0.6 is 11.8 Å². The predicted octanol–water partition coefficient (Wildman–Crippen LogP) is 5.32. The Labute approximate surface area is 189 Å². The van der Waals surface area contributed by atoms with Gasteiger partial charge in [0.25, 0.3) is 5.56 Å². The summed E-state index contributed by atoms with van der Waals surface area (Å²) >= 11 is 1.50. The van der Waals surface area contributed by atoms with Gasteiger partial charge in [-0.1, -0.05) is 6.92 Å². The second-order valence-electron chi connectivity index (χ2n) is 7.79. The molecule has 3 heterocycles. The summed E-state index contributed by atoms with van der Waals surface area (Å²) < 4.78 is 65.7. The van der Waals surface area contributed by atoms with Crippen molar-refractivity contribution < 1.29 is 22.0 Å². The molecule has 0 atom stereocenters. The van der Waals surface area contributed by atoms with E-state index in [0.29, 0.717) is 16.0 Å². The SMILES string of the molecule is CCSc1cc(C2(C#N)CC2)cnc1-c1cc2ccc(=O)n(CC(F)(F)C(F)(F)F)c2cn1. The Bertz CT molecular complexity index is 1330. The lowest BCUT2D eigenvalue weighted by Crippen LogP contribution is -2.42. The topological polar surface area (TPSA) is 71.6 Å². The largest absolute Gasteiger partial charge is 0.455 e. The van der Waals surface area contributed by atoms with Crippen LogP contribution in [-0.2, 0) is 12.0 Å². The van der Waals surface area contributed by atoms with Gasteiger partial charge in [0.15, 0.2) is 0 Å². The Morgan fingerprint density at radius 1 is 1.15 bits per heavy atom. The molecule has 0 amide bonds. The Balaban J connectivity index is 1.79. The highest BCUT2D eigenvalue weighted by Crippen LogP contribution is 2.48. The molecule has 0 radical (unpaired) electrons. The van der Waals surface area contributed by atoms with Gasteiger partial charge in [0.2, 0.25) is 0 Å². The Morgan fingerprint density at radius 2 is 1.88 bits per heavy atom. The quantitative estimate of drug-likeness (QED) is 0.353. The number of nitrogens with zero attached hydrogens (tertiary/aromatic N) is 4. The van der Waals surface area contributed by atoms with Crippen molar-refractivity contribution in [1.82, 2.24) is 14.5 Å². The van der Waals surface area contributed by atoms with E-state index in [1.165, 1.54) is 23.9 Å². The molecule has 11 heteroatoms. The van der Waals surface area contributed by atoms with Gasteiger partial charge in [-0.15, -0.1) is 11.8 Å². The zero-order valence-electron chi connectivity index (χ0n) is 17.3. The van der Waals surface area contributed by atoms with E-state index in [9.17, 15) is 32.0 Å². The molecule has 0 aromatic carbocycles. The molecule has 3 aromatic rings. The van der Waals surface area contributed by atoms with Gasteiger partial charge in [0, 0.05) is 22.5 Å². The van der Waals surface area contributed by atoms with Crippen LogP contribution < -0.4 is 5.56 Å². The van der Waals surface area contributed by atoms with E-state index in [4.69, 9.17) is 0 Å². The average Bonchev–Trinajstić information content (AvgIpc) is 3.56. The normalized spacial score (nSPS) is 15.4. The Kier molecular flexibility index (Phi) is 5.68. The van der Waals surface area contributed by atoms with Crippen LogP contribution in [0.3, 0.4) is 0 Å². The fourth-order valence-electron chi connectivity index (χ4n) is 3.53. The van der Waals surface area contributed by atoms with Crippen LogP contribution in [0.15, 0.2) is 46.3 Å². The maximum absolute atomic E-state index is 13.6. The van der Waals surface area contributed by atoms with E-state index in [1.807, 2.05) is 13.0 Å². The summed E-state index contributed by atoms with van der Waals surface area (Å²) in [5.41, 5.74) is 0.0354. The average molecular weight is 480 g/mol. The number of hydrogen-bond acceptors (Lipinski definition) is 5. The molecule has 0 spiro atoms. The van der Waals surface area contributed by atoms with Crippen molar-refractivity contribution in [2.45, 2.75) is 48.7 Å². The third-order valence-corrected chi connectivity index (χ3v) is 6.47. The van der Waals surface area contributed by atoms with E-state index < -0.39 is 29.6 Å². The highest BCUT2D eigenvalue weighted by molar-refractivity contribution is 7.99. The number of aromatic nitrogens is 3. The van der Waals surface area contributed by atoms with Crippen molar-refractivity contribution in [3.05, 3.63) is 52.6 Å². The van der Waals surface area contributed by atoms with Gasteiger partial charge < -0.3 is 4.57 Å². The first-order valence-electron chi connectivity index (χ1n) is 10.0. The van der Waals surface area contributed by atoms with Gasteiger partial charge in [-0.05, 0) is 42.4 Å². The summed E-state index contributed by atoms with van der Waals surface area (Å²) in [5.74, 6) is -4.36. The van der Waals surface area contributed by atoms with E-state index in [2.05, 4.69) is 16.0 Å². The molecular formula is C22H17F5N4OS. The third kappa shape index (κ3) is 4.19. The van der Waals surface area contributed by atoms with Crippen LogP contribution in [0.2, 0.25) is 0 Å². The number of thioether (sulfide) groups is 1. The summed E-state index contributed by atoms with van der Waals surface area (Å²) in [6.07, 6.45) is -1.56. The molecule has 1 saturated carbocycles. The zero-order valence-corrected chi connectivity index (χ0v) is 18.1. The second-order valence-corrected chi connectivity index (χ2v) is 9.09. The molecule has 5 nitrogen and oxygen atoms in total. The second kappa shape index (κ2) is 8.09. The maximum Gasteiger partial charge on any atom is 0.455 e. The monoisotopic (exact) mass is 480 g/mol. The summed E-state index contributed by atoms with van der Waals surface area (Å²) in [7, 11) is 0. The smallest absolute Gasteiger partial charge is 0.300 e. The molecule has 3 aromatic heterocycles. The summed E-state index contributed by atoms with van der Waals surface area (Å²) in [6, 6.07) is 8.00. The fourth-order valence-corrected chi connectivity index (χ4v) is 4.34. The van der Waals surface area contributed by atoms with Crippen molar-refractivity contribution in [2.24, 2.45) is 0 Å². The van der Waals surface area contributed by atoms with Gasteiger partial charge in [-0.2, -0.15) is 27.2 Å². The summed E-state index contributed by atoms with van der Waals surface area (Å²) in [4.78, 5) is 21.6. The number of fused-ring (bicyclic) bond motifs is 1. The third-order valence-electron chi connectivity index (χ3n) is 5.56. The van der Waals surface area contributed by atoms with E-state index in [-0.39, 0.29) is 10.9 Å². The molecule has 0 N–H and O–H groups in total. The van der Waals surface area contributed by atoms with Crippen molar-refractivity contribution in [2.75, 3.05) is 5.75 Å². The molecule has 0 unspecified atom stereocenters. The standard InChI is InChI=1S/C22H17F5N4OS/c1-2-33-17-8-14(20(11-28)5-6-20)9-30-19(17)15-7-13-3-4-18(32)31(16(13)10-29-15)12-21(23,24)22(25,26)27/h3-4,7-10H,2,5-6,12H2,1H3. The van der Waals surface area contributed by atoms with Gasteiger partial charge in [-0.3, -0.25) is 14.8 Å². The molecule has 0 aliphatic heterocycles. The first-order chi connectivity index (χ1) is 15.5. The number of nitriles is 1. The lowest BCUT2D eigenvalue weighted by atomic mass is 9.99. The highest BCUT2D eigenvalue weighted by atomic mass is 32.2. The van der Waals surface area contributed by atoms with Crippen LogP contribution in [0.4, 0.5) is 22.0 Å². The van der Waals surface area contributed by atoms with Crippen LogP contribution in [0.5, 0.6) is 0 Å². The van der Waals surface area contributed by atoms with Gasteiger partial charge in [0.05, 0.1) is 35.4 Å². The van der Waals surface area contributed by atoms with Crippen LogP contribution in [0.25, 0.3) is 22.3 Å². The van der Waals surface area contributed by atoms with Crippen molar-refractivity contribution >= 4 is 22.7 Å². The predicted molar refractivity (Wildman–Crippen MR) is 113 cm³/mol. The van der Waals surface area contributed by atoms with Gasteiger partial charge in [0.1, 0.15) is 5.69 Å². The highest BCUT2D eigenvalue weighted by Gasteiger charge is 2.57. The fraction of sp³-hybridized carbons (Fsp3) is 0.364. The molecular weight excluding hydrogens is 463 g/mol. The first kappa shape index (κ1) is 23.2. The van der Waals surface area contributed by atoms with Crippen LogP contribution in [-0.4, -0.2) is 32.4 Å². The Morgan fingerprint density at radius 3 is 2.48 bits per heavy atom. The molecule has 1 fully saturated rings. The van der Waals surface area contributed by atoms with Crippen LogP contribution in [0, 0.1) is 11.3 Å². The minimum Gasteiger partial charge on any atom is -0.300 e. The molecule has 4 rings (SSSR count). The van der Waals surface area contributed by atoms with E-state index in [1.54, 1.807) is 6.20 Å². The number of rotatable bonds is 6. The number of alkyl halides is 5. The number of halogens is 5. The van der Waals surface area contributed by atoms with E-state index >= 15 is 0 Å². The molecule has 0 bridgehead atoms. The van der Waals surface area contributed by atoms with Crippen molar-refractivity contribution in [3.8, 4) is 17.5 Å². The molecule has 1 aliphatic carbocycles. The minimum atomic E-state index is -5.79. The van der Waals surface area contributed by atoms with Crippen molar-refractivity contribution in [1.29, 1.82) is 5.26 Å². The van der Waals surface area contributed by atoms with Gasteiger partial charge >= 0.3 is 12.1 Å².